The highest BCUT2D eigenvalue weighted by atomic mass is 19.1. The fourth-order valence-electron chi connectivity index (χ4n) is 1.20. The van der Waals surface area contributed by atoms with Gasteiger partial charge in [-0.05, 0) is 25.6 Å². The summed E-state index contributed by atoms with van der Waals surface area (Å²) < 4.78 is 18.1. The molecule has 14 heavy (non-hydrogen) atoms. The largest absolute Gasteiger partial charge is 0.380 e. The standard InChI is InChI=1S/C10H15FN2O/c1-3-14-7-10(12-2)8-4-9(11)6-13-5-8/h4-6,10,12H,3,7H2,1-2H3. The van der Waals surface area contributed by atoms with Crippen molar-refractivity contribution in [2.45, 2.75) is 13.0 Å². The Morgan fingerprint density at radius 3 is 2.93 bits per heavy atom. The number of halogens is 1. The molecule has 3 nitrogen and oxygen atoms in total. The zero-order valence-electron chi connectivity index (χ0n) is 8.46. The van der Waals surface area contributed by atoms with Gasteiger partial charge in [0.15, 0.2) is 0 Å². The molecule has 1 rings (SSSR count). The second-order valence-electron chi connectivity index (χ2n) is 2.94. The maximum Gasteiger partial charge on any atom is 0.141 e. The van der Waals surface area contributed by atoms with Crippen LogP contribution in [0.3, 0.4) is 0 Å². The number of pyridine rings is 1. The molecule has 0 saturated carbocycles. The van der Waals surface area contributed by atoms with Gasteiger partial charge in [-0.2, -0.15) is 0 Å². The molecule has 0 bridgehead atoms. The highest BCUT2D eigenvalue weighted by Crippen LogP contribution is 2.12. The first-order chi connectivity index (χ1) is 6.77. The van der Waals surface area contributed by atoms with E-state index < -0.39 is 0 Å². The summed E-state index contributed by atoms with van der Waals surface area (Å²) in [4.78, 5) is 3.79. The van der Waals surface area contributed by atoms with Crippen LogP contribution in [0.1, 0.15) is 18.5 Å². The van der Waals surface area contributed by atoms with E-state index >= 15 is 0 Å². The first kappa shape index (κ1) is 11.1. The molecular weight excluding hydrogens is 183 g/mol. The lowest BCUT2D eigenvalue weighted by Gasteiger charge is -2.15. The molecule has 1 aromatic heterocycles. The van der Waals surface area contributed by atoms with Crippen molar-refractivity contribution in [3.63, 3.8) is 0 Å². The van der Waals surface area contributed by atoms with Gasteiger partial charge in [-0.25, -0.2) is 4.39 Å². The normalized spacial score (nSPS) is 12.8. The number of aromatic nitrogens is 1. The Kier molecular flexibility index (Phi) is 4.49. The average Bonchev–Trinajstić information content (AvgIpc) is 2.19. The summed E-state index contributed by atoms with van der Waals surface area (Å²) in [5.41, 5.74) is 0.806. The lowest BCUT2D eigenvalue weighted by molar-refractivity contribution is 0.125. The molecule has 1 unspecified atom stereocenters. The van der Waals surface area contributed by atoms with Gasteiger partial charge >= 0.3 is 0 Å². The Morgan fingerprint density at radius 1 is 1.57 bits per heavy atom. The van der Waals surface area contributed by atoms with Crippen LogP contribution in [-0.2, 0) is 4.74 Å². The molecule has 0 radical (unpaired) electrons. The van der Waals surface area contributed by atoms with Gasteiger partial charge in [-0.1, -0.05) is 0 Å². The van der Waals surface area contributed by atoms with E-state index in [2.05, 4.69) is 10.3 Å². The van der Waals surface area contributed by atoms with Gasteiger partial charge in [0, 0.05) is 12.8 Å². The second-order valence-corrected chi connectivity index (χ2v) is 2.94. The zero-order valence-corrected chi connectivity index (χ0v) is 8.46. The smallest absolute Gasteiger partial charge is 0.141 e. The molecule has 0 aliphatic carbocycles. The Labute approximate surface area is 83.3 Å². The summed E-state index contributed by atoms with van der Waals surface area (Å²) in [6.07, 6.45) is 2.83. The number of hydrogen-bond acceptors (Lipinski definition) is 3. The zero-order chi connectivity index (χ0) is 10.4. The van der Waals surface area contributed by atoms with E-state index in [1.165, 1.54) is 12.3 Å². The molecule has 0 saturated heterocycles. The number of rotatable bonds is 5. The van der Waals surface area contributed by atoms with Crippen molar-refractivity contribution in [3.05, 3.63) is 29.8 Å². The molecule has 4 heteroatoms. The third-order valence-corrected chi connectivity index (χ3v) is 1.97. The summed E-state index contributed by atoms with van der Waals surface area (Å²) in [5, 5.41) is 3.05. The summed E-state index contributed by atoms with van der Waals surface area (Å²) in [7, 11) is 1.81. The second kappa shape index (κ2) is 5.67. The van der Waals surface area contributed by atoms with Crippen LogP contribution in [0.5, 0.6) is 0 Å². The molecule has 78 valence electrons. The molecule has 1 atom stereocenters. The summed E-state index contributed by atoms with van der Waals surface area (Å²) >= 11 is 0. The number of ether oxygens (including phenoxy) is 1. The summed E-state index contributed by atoms with van der Waals surface area (Å²) in [6.45, 7) is 3.11. The minimum Gasteiger partial charge on any atom is -0.380 e. The van der Waals surface area contributed by atoms with E-state index in [0.717, 1.165) is 5.56 Å². The molecule has 1 heterocycles. The Morgan fingerprint density at radius 2 is 2.36 bits per heavy atom. The first-order valence-corrected chi connectivity index (χ1v) is 4.63. The fraction of sp³-hybridized carbons (Fsp3) is 0.500. The van der Waals surface area contributed by atoms with Crippen LogP contribution < -0.4 is 5.32 Å². The van der Waals surface area contributed by atoms with Crippen LogP contribution in [0.2, 0.25) is 0 Å². The molecule has 0 aliphatic rings. The van der Waals surface area contributed by atoms with Crippen LogP contribution in [0, 0.1) is 5.82 Å². The van der Waals surface area contributed by atoms with Crippen molar-refractivity contribution in [2.75, 3.05) is 20.3 Å². The topological polar surface area (TPSA) is 34.1 Å². The van der Waals surface area contributed by atoms with Gasteiger partial charge in [-0.15, -0.1) is 0 Å². The van der Waals surface area contributed by atoms with Crippen LogP contribution in [-0.4, -0.2) is 25.2 Å². The van der Waals surface area contributed by atoms with E-state index in [1.54, 1.807) is 6.20 Å². The highest BCUT2D eigenvalue weighted by molar-refractivity contribution is 5.14. The Hall–Kier alpha value is -1.00. The first-order valence-electron chi connectivity index (χ1n) is 4.63. The average molecular weight is 198 g/mol. The minimum atomic E-state index is -0.320. The number of nitrogens with one attached hydrogen (secondary N) is 1. The fourth-order valence-corrected chi connectivity index (χ4v) is 1.20. The van der Waals surface area contributed by atoms with Crippen LogP contribution in [0.25, 0.3) is 0 Å². The third kappa shape index (κ3) is 3.05. The van der Waals surface area contributed by atoms with E-state index in [4.69, 9.17) is 4.74 Å². The van der Waals surface area contributed by atoms with Crippen LogP contribution in [0.4, 0.5) is 4.39 Å². The molecular formula is C10H15FN2O. The van der Waals surface area contributed by atoms with E-state index in [9.17, 15) is 4.39 Å². The van der Waals surface area contributed by atoms with Crippen LogP contribution >= 0.6 is 0 Å². The van der Waals surface area contributed by atoms with E-state index in [-0.39, 0.29) is 11.9 Å². The number of likely N-dealkylation sites (N-methyl/N-ethyl adjacent to an activating group) is 1. The van der Waals surface area contributed by atoms with Crippen molar-refractivity contribution < 1.29 is 9.13 Å². The van der Waals surface area contributed by atoms with Gasteiger partial charge in [0.2, 0.25) is 0 Å². The highest BCUT2D eigenvalue weighted by Gasteiger charge is 2.09. The van der Waals surface area contributed by atoms with Crippen molar-refractivity contribution in [1.29, 1.82) is 0 Å². The van der Waals surface area contributed by atoms with E-state index in [0.29, 0.717) is 13.2 Å². The van der Waals surface area contributed by atoms with Gasteiger partial charge in [0.25, 0.3) is 0 Å². The monoisotopic (exact) mass is 198 g/mol. The molecule has 0 aliphatic heterocycles. The van der Waals surface area contributed by atoms with Gasteiger partial charge in [0.05, 0.1) is 18.8 Å². The molecule has 0 amide bonds. The maximum absolute atomic E-state index is 12.9. The van der Waals surface area contributed by atoms with Gasteiger partial charge < -0.3 is 10.1 Å². The molecule has 0 spiro atoms. The molecule has 0 aromatic carbocycles. The lowest BCUT2D eigenvalue weighted by Crippen LogP contribution is -2.22. The Bertz CT molecular complexity index is 281. The van der Waals surface area contributed by atoms with Crippen LogP contribution in [0.15, 0.2) is 18.5 Å². The minimum absolute atomic E-state index is 0.00171. The molecule has 1 N–H and O–H groups in total. The summed E-state index contributed by atoms with van der Waals surface area (Å²) in [6, 6.07) is 1.46. The SMILES string of the molecule is CCOCC(NC)c1cncc(F)c1. The van der Waals surface area contributed by atoms with Crippen molar-refractivity contribution in [3.8, 4) is 0 Å². The van der Waals surface area contributed by atoms with E-state index in [1.807, 2.05) is 14.0 Å². The van der Waals surface area contributed by atoms with Gasteiger partial charge in [0.1, 0.15) is 5.82 Å². The predicted molar refractivity (Wildman–Crippen MR) is 52.5 cm³/mol. The maximum atomic E-state index is 12.9. The third-order valence-electron chi connectivity index (χ3n) is 1.97. The lowest BCUT2D eigenvalue weighted by atomic mass is 10.1. The van der Waals surface area contributed by atoms with Gasteiger partial charge in [-0.3, -0.25) is 4.98 Å². The summed E-state index contributed by atoms with van der Waals surface area (Å²) in [5.74, 6) is -0.320. The molecule has 0 fully saturated rings. The number of nitrogens with zero attached hydrogens (tertiary/aromatic N) is 1. The van der Waals surface area contributed by atoms with Crippen molar-refractivity contribution >= 4 is 0 Å². The van der Waals surface area contributed by atoms with Crippen molar-refractivity contribution in [2.24, 2.45) is 0 Å². The Balaban J connectivity index is 2.68. The number of hydrogen-bond donors (Lipinski definition) is 1. The molecule has 1 aromatic rings. The quantitative estimate of drug-likeness (QED) is 0.778. The van der Waals surface area contributed by atoms with Crippen molar-refractivity contribution in [1.82, 2.24) is 10.3 Å². The predicted octanol–water partition coefficient (Wildman–Crippen LogP) is 1.52.